The van der Waals surface area contributed by atoms with Gasteiger partial charge in [0.15, 0.2) is 0 Å². The number of carbonyl (C=O) groups is 3. The maximum atomic E-state index is 12.7. The lowest BCUT2D eigenvalue weighted by atomic mass is 10.1. The van der Waals surface area contributed by atoms with Crippen LogP contribution in [0.4, 0.5) is 13.2 Å². The van der Waals surface area contributed by atoms with Gasteiger partial charge in [-0.2, -0.15) is 13.2 Å². The number of benzene rings is 2. The van der Waals surface area contributed by atoms with Gasteiger partial charge in [0.05, 0.1) is 0 Å². The lowest BCUT2D eigenvalue weighted by Gasteiger charge is -2.34. The second-order valence-electron chi connectivity index (χ2n) is 7.58. The van der Waals surface area contributed by atoms with Crippen molar-refractivity contribution < 1.29 is 42.5 Å². The minimum atomic E-state index is -5.08. The number of carboxylic acid groups (broad SMARTS) is 2. The molecule has 3 rings (SSSR count). The van der Waals surface area contributed by atoms with Gasteiger partial charge >= 0.3 is 18.1 Å². The first-order valence-electron chi connectivity index (χ1n) is 10.5. The van der Waals surface area contributed by atoms with Crippen LogP contribution in [0.5, 0.6) is 5.75 Å². The van der Waals surface area contributed by atoms with Crippen molar-refractivity contribution in [1.82, 2.24) is 9.80 Å². The molecule has 0 atom stereocenters. The van der Waals surface area contributed by atoms with Gasteiger partial charge in [0.25, 0.3) is 5.91 Å². The molecule has 2 aromatic carbocycles. The number of piperazine rings is 1. The largest absolute Gasteiger partial charge is 0.490 e. The summed E-state index contributed by atoms with van der Waals surface area (Å²) in [4.78, 5) is 36.3. The van der Waals surface area contributed by atoms with Gasteiger partial charge in [-0.1, -0.05) is 36.9 Å². The van der Waals surface area contributed by atoms with E-state index in [1.54, 1.807) is 17.0 Å². The third kappa shape index (κ3) is 9.13. The maximum absolute atomic E-state index is 12.7. The third-order valence-corrected chi connectivity index (χ3v) is 4.97. The second kappa shape index (κ2) is 12.6. The molecule has 2 aromatic rings. The quantitative estimate of drug-likeness (QED) is 0.569. The molecule has 0 bridgehead atoms. The fourth-order valence-corrected chi connectivity index (χ4v) is 3.06. The van der Waals surface area contributed by atoms with E-state index in [1.807, 2.05) is 47.4 Å². The van der Waals surface area contributed by atoms with Crippen LogP contribution in [0.1, 0.15) is 15.9 Å². The molecule has 188 valence electrons. The zero-order chi connectivity index (χ0) is 26.0. The van der Waals surface area contributed by atoms with E-state index in [2.05, 4.69) is 6.58 Å². The summed E-state index contributed by atoms with van der Waals surface area (Å²) < 4.78 is 37.5. The molecule has 11 heteroatoms. The highest BCUT2D eigenvalue weighted by atomic mass is 19.4. The Morgan fingerprint density at radius 2 is 1.46 bits per heavy atom. The van der Waals surface area contributed by atoms with Crippen LogP contribution in [-0.2, 0) is 16.2 Å². The number of carboxylic acids is 2. The Morgan fingerprint density at radius 1 is 0.914 bits per heavy atom. The number of aliphatic carboxylic acids is 2. The summed E-state index contributed by atoms with van der Waals surface area (Å²) in [6, 6.07) is 17.1. The molecule has 0 spiro atoms. The van der Waals surface area contributed by atoms with Crippen LogP contribution in [0.2, 0.25) is 0 Å². The minimum Gasteiger partial charge on any atom is -0.489 e. The number of ether oxygens (including phenoxy) is 1. The minimum absolute atomic E-state index is 0.0219. The molecule has 1 amide bonds. The molecule has 35 heavy (non-hydrogen) atoms. The standard InChI is InChI=1S/C22H24N2O4.C2HF3O2/c1-17(22(26)27)15-23-11-13-24(14-12-23)21(25)19-7-9-20(10-8-19)28-16-18-5-3-2-4-6-18;3-2(4,5)1(6)7/h2-10H,1,11-16H2,(H,26,27);(H,6,7). The molecule has 2 N–H and O–H groups in total. The highest BCUT2D eigenvalue weighted by molar-refractivity contribution is 5.94. The van der Waals surface area contributed by atoms with Crippen molar-refractivity contribution in [3.05, 3.63) is 77.9 Å². The van der Waals surface area contributed by atoms with Crippen molar-refractivity contribution in [2.45, 2.75) is 12.8 Å². The van der Waals surface area contributed by atoms with E-state index in [1.165, 1.54) is 0 Å². The summed E-state index contributed by atoms with van der Waals surface area (Å²) >= 11 is 0. The molecule has 1 aliphatic heterocycles. The fourth-order valence-electron chi connectivity index (χ4n) is 3.06. The average Bonchev–Trinajstić information content (AvgIpc) is 2.83. The van der Waals surface area contributed by atoms with E-state index >= 15 is 0 Å². The van der Waals surface area contributed by atoms with Crippen LogP contribution in [0.15, 0.2) is 66.7 Å². The van der Waals surface area contributed by atoms with Crippen LogP contribution in [0, 0.1) is 0 Å². The molecule has 0 aliphatic carbocycles. The highest BCUT2D eigenvalue weighted by Gasteiger charge is 2.38. The molecule has 0 unspecified atom stereocenters. The summed E-state index contributed by atoms with van der Waals surface area (Å²) in [6.07, 6.45) is -5.08. The van der Waals surface area contributed by atoms with E-state index in [-0.39, 0.29) is 11.5 Å². The predicted octanol–water partition coefficient (Wildman–Crippen LogP) is 3.30. The van der Waals surface area contributed by atoms with Gasteiger partial charge in [-0.15, -0.1) is 0 Å². The summed E-state index contributed by atoms with van der Waals surface area (Å²) in [7, 11) is 0. The maximum Gasteiger partial charge on any atom is 0.490 e. The summed E-state index contributed by atoms with van der Waals surface area (Å²) in [5, 5.41) is 16.1. The number of carbonyl (C=O) groups excluding carboxylic acids is 1. The number of halogens is 3. The first-order valence-corrected chi connectivity index (χ1v) is 10.5. The molecule has 1 aliphatic rings. The highest BCUT2D eigenvalue weighted by Crippen LogP contribution is 2.17. The summed E-state index contributed by atoms with van der Waals surface area (Å²) in [5.41, 5.74) is 1.88. The Bertz CT molecular complexity index is 1020. The normalized spacial score (nSPS) is 13.9. The summed E-state index contributed by atoms with van der Waals surface area (Å²) in [6.45, 7) is 6.77. The SMILES string of the molecule is C=C(CN1CCN(C(=O)c2ccc(OCc3ccccc3)cc2)CC1)C(=O)O.O=C(O)C(F)(F)F. The molecule has 8 nitrogen and oxygen atoms in total. The van der Waals surface area contributed by atoms with E-state index in [9.17, 15) is 22.8 Å². The zero-order valence-corrected chi connectivity index (χ0v) is 18.7. The lowest BCUT2D eigenvalue weighted by molar-refractivity contribution is -0.192. The van der Waals surface area contributed by atoms with Crippen molar-refractivity contribution in [2.75, 3.05) is 32.7 Å². The molecule has 1 heterocycles. The van der Waals surface area contributed by atoms with Crippen molar-refractivity contribution in [3.8, 4) is 5.75 Å². The summed E-state index contributed by atoms with van der Waals surface area (Å²) in [5.74, 6) is -3.04. The number of hydrogen-bond donors (Lipinski definition) is 2. The van der Waals surface area contributed by atoms with E-state index < -0.39 is 18.1 Å². The average molecular weight is 494 g/mol. The van der Waals surface area contributed by atoms with Gasteiger partial charge in [0.2, 0.25) is 0 Å². The first-order chi connectivity index (χ1) is 16.5. The van der Waals surface area contributed by atoms with Gasteiger partial charge < -0.3 is 19.8 Å². The lowest BCUT2D eigenvalue weighted by Crippen LogP contribution is -2.49. The number of nitrogens with zero attached hydrogens (tertiary/aromatic N) is 2. The van der Waals surface area contributed by atoms with Crippen molar-refractivity contribution in [1.29, 1.82) is 0 Å². The van der Waals surface area contributed by atoms with Crippen LogP contribution in [-0.4, -0.2) is 76.8 Å². The van der Waals surface area contributed by atoms with E-state index in [4.69, 9.17) is 19.7 Å². The van der Waals surface area contributed by atoms with E-state index in [0.29, 0.717) is 44.9 Å². The monoisotopic (exact) mass is 494 g/mol. The molecule has 1 fully saturated rings. The number of hydrogen-bond acceptors (Lipinski definition) is 5. The predicted molar refractivity (Wildman–Crippen MR) is 120 cm³/mol. The second-order valence-corrected chi connectivity index (χ2v) is 7.58. The molecule has 1 saturated heterocycles. The Labute approximate surface area is 199 Å². The molecule has 0 aromatic heterocycles. The van der Waals surface area contributed by atoms with Gasteiger partial charge in [0.1, 0.15) is 12.4 Å². The Morgan fingerprint density at radius 3 is 1.94 bits per heavy atom. The van der Waals surface area contributed by atoms with Crippen LogP contribution in [0.25, 0.3) is 0 Å². The first kappa shape index (κ1) is 27.4. The number of rotatable bonds is 7. The van der Waals surface area contributed by atoms with Crippen LogP contribution in [0.3, 0.4) is 0 Å². The molecule has 0 radical (unpaired) electrons. The van der Waals surface area contributed by atoms with Crippen LogP contribution >= 0.6 is 0 Å². The van der Waals surface area contributed by atoms with Crippen molar-refractivity contribution >= 4 is 17.8 Å². The van der Waals surface area contributed by atoms with Crippen molar-refractivity contribution in [2.24, 2.45) is 0 Å². The topological polar surface area (TPSA) is 107 Å². The zero-order valence-electron chi connectivity index (χ0n) is 18.7. The number of alkyl halides is 3. The van der Waals surface area contributed by atoms with E-state index in [0.717, 1.165) is 11.3 Å². The molecular weight excluding hydrogens is 469 g/mol. The van der Waals surface area contributed by atoms with Gasteiger partial charge in [-0.05, 0) is 29.8 Å². The van der Waals surface area contributed by atoms with Gasteiger partial charge in [0, 0.05) is 43.9 Å². The fraction of sp³-hybridized carbons (Fsp3) is 0.292. The van der Waals surface area contributed by atoms with Crippen molar-refractivity contribution in [3.63, 3.8) is 0 Å². The Hall–Kier alpha value is -3.86. The Kier molecular flexibility index (Phi) is 9.83. The van der Waals surface area contributed by atoms with Gasteiger partial charge in [-0.3, -0.25) is 9.69 Å². The smallest absolute Gasteiger partial charge is 0.489 e. The van der Waals surface area contributed by atoms with Crippen LogP contribution < -0.4 is 4.74 Å². The Balaban J connectivity index is 0.000000540. The molecule has 0 saturated carbocycles. The third-order valence-electron chi connectivity index (χ3n) is 4.97. The number of amides is 1. The molecular formula is C24H25F3N2O6. The van der Waals surface area contributed by atoms with Gasteiger partial charge in [-0.25, -0.2) is 9.59 Å².